The molecule has 1 aliphatic rings. The van der Waals surface area contributed by atoms with E-state index in [4.69, 9.17) is 0 Å². The summed E-state index contributed by atoms with van der Waals surface area (Å²) in [6.45, 7) is 4.86. The van der Waals surface area contributed by atoms with E-state index in [0.29, 0.717) is 22.7 Å². The fourth-order valence-electron chi connectivity index (χ4n) is 3.81. The predicted octanol–water partition coefficient (Wildman–Crippen LogP) is 5.45. The Kier molecular flexibility index (Phi) is 5.08. The zero-order valence-electron chi connectivity index (χ0n) is 17.6. The number of nitriles is 1. The number of pyridine rings is 1. The molecule has 1 saturated carbocycles. The average molecular weight is 425 g/mol. The number of hydrogen-bond acceptors (Lipinski definition) is 5. The molecule has 0 unspecified atom stereocenters. The summed E-state index contributed by atoms with van der Waals surface area (Å²) >= 11 is 0. The Hall–Kier alpha value is -3.21. The van der Waals surface area contributed by atoms with Crippen molar-refractivity contribution in [3.05, 3.63) is 58.3 Å². The average Bonchev–Trinajstić information content (AvgIpc) is 3.53. The third kappa shape index (κ3) is 3.69. The zero-order valence-corrected chi connectivity index (χ0v) is 17.6. The van der Waals surface area contributed by atoms with E-state index in [2.05, 4.69) is 26.3 Å². The summed E-state index contributed by atoms with van der Waals surface area (Å²) in [6.07, 6.45) is 1.07. The molecule has 8 heteroatoms. The molecular formula is C23H22F3N5. The van der Waals surface area contributed by atoms with E-state index in [1.165, 1.54) is 19.1 Å². The summed E-state index contributed by atoms with van der Waals surface area (Å²) in [7, 11) is 0. The molecule has 4 rings (SSSR count). The molecule has 160 valence electrons. The monoisotopic (exact) mass is 425 g/mol. The summed E-state index contributed by atoms with van der Waals surface area (Å²) < 4.78 is 42.9. The maximum absolute atomic E-state index is 14.8. The third-order valence-corrected chi connectivity index (χ3v) is 5.83. The van der Waals surface area contributed by atoms with Crippen molar-refractivity contribution >= 4 is 16.9 Å². The molecule has 0 saturated heterocycles. The third-order valence-electron chi connectivity index (χ3n) is 5.83. The van der Waals surface area contributed by atoms with Crippen LogP contribution in [-0.4, -0.2) is 15.0 Å². The van der Waals surface area contributed by atoms with Crippen LogP contribution < -0.4 is 5.32 Å². The lowest BCUT2D eigenvalue weighted by Crippen LogP contribution is -2.16. The molecule has 1 aromatic carbocycles. The fraction of sp³-hybridized carbons (Fsp3) is 0.391. The van der Waals surface area contributed by atoms with Crippen molar-refractivity contribution in [3.63, 3.8) is 0 Å². The normalized spacial score (nSPS) is 15.0. The number of hydrogen-bond donors (Lipinski definition) is 1. The summed E-state index contributed by atoms with van der Waals surface area (Å²) in [6, 6.07) is 8.25. The number of rotatable bonds is 6. The smallest absolute Gasteiger partial charge is 0.275 e. The van der Waals surface area contributed by atoms with Crippen LogP contribution in [0.25, 0.3) is 11.0 Å². The molecule has 3 aromatic rings. The van der Waals surface area contributed by atoms with Crippen molar-refractivity contribution in [2.75, 3.05) is 5.32 Å². The lowest BCUT2D eigenvalue weighted by atomic mass is 9.95. The predicted molar refractivity (Wildman–Crippen MR) is 111 cm³/mol. The molecule has 1 N–H and O–H groups in total. The highest BCUT2D eigenvalue weighted by Crippen LogP contribution is 2.49. The molecule has 0 aliphatic heterocycles. The summed E-state index contributed by atoms with van der Waals surface area (Å²) in [5, 5.41) is 13.3. The highest BCUT2D eigenvalue weighted by molar-refractivity contribution is 5.87. The maximum atomic E-state index is 14.8. The topological polar surface area (TPSA) is 74.5 Å². The number of aromatic nitrogens is 3. The van der Waals surface area contributed by atoms with Crippen molar-refractivity contribution in [2.45, 2.75) is 57.9 Å². The fourth-order valence-corrected chi connectivity index (χ4v) is 3.81. The molecule has 0 radical (unpaired) electrons. The standard InChI is InChI=1S/C23H22F3N5/c1-4-23(25,26)17-7-5-6-15(19(17)24)11-28-20-16-10-18(22(12-27)8-9-22)13(2)29-21(16)31-14(3)30-20/h5-7,10H,4,8-9,11H2,1-3H3,(H,28,29,30,31). The van der Waals surface area contributed by atoms with Gasteiger partial charge >= 0.3 is 0 Å². The van der Waals surface area contributed by atoms with Crippen LogP contribution in [0.1, 0.15) is 54.4 Å². The second-order valence-corrected chi connectivity index (χ2v) is 8.00. The van der Waals surface area contributed by atoms with Crippen molar-refractivity contribution < 1.29 is 13.2 Å². The number of halogens is 3. The molecule has 1 aliphatic carbocycles. The molecule has 0 amide bonds. The van der Waals surface area contributed by atoms with Crippen LogP contribution in [0.2, 0.25) is 0 Å². The van der Waals surface area contributed by atoms with Crippen LogP contribution in [0.5, 0.6) is 0 Å². The Morgan fingerprint density at radius 2 is 1.94 bits per heavy atom. The van der Waals surface area contributed by atoms with Gasteiger partial charge in [0.25, 0.3) is 5.92 Å². The number of alkyl halides is 2. The molecule has 0 bridgehead atoms. The largest absolute Gasteiger partial charge is 0.365 e. The van der Waals surface area contributed by atoms with Gasteiger partial charge in [0.2, 0.25) is 0 Å². The lowest BCUT2D eigenvalue weighted by molar-refractivity contribution is -0.0118. The number of nitrogens with one attached hydrogen (secondary N) is 1. The van der Waals surface area contributed by atoms with Crippen molar-refractivity contribution in [3.8, 4) is 6.07 Å². The van der Waals surface area contributed by atoms with Gasteiger partial charge in [0, 0.05) is 24.2 Å². The molecule has 5 nitrogen and oxygen atoms in total. The van der Waals surface area contributed by atoms with Crippen LogP contribution in [0.4, 0.5) is 19.0 Å². The Morgan fingerprint density at radius 1 is 1.19 bits per heavy atom. The van der Waals surface area contributed by atoms with E-state index < -0.39 is 29.1 Å². The first kappa shape index (κ1) is 21.0. The Morgan fingerprint density at radius 3 is 2.58 bits per heavy atom. The van der Waals surface area contributed by atoms with Gasteiger partial charge in [-0.1, -0.05) is 25.1 Å². The van der Waals surface area contributed by atoms with E-state index in [1.807, 2.05) is 13.0 Å². The van der Waals surface area contributed by atoms with Gasteiger partial charge in [-0.3, -0.25) is 0 Å². The van der Waals surface area contributed by atoms with Crippen LogP contribution in [0.3, 0.4) is 0 Å². The quantitative estimate of drug-likeness (QED) is 0.568. The molecule has 2 aromatic heterocycles. The Bertz CT molecular complexity index is 1210. The van der Waals surface area contributed by atoms with Crippen molar-refractivity contribution in [1.29, 1.82) is 5.26 Å². The lowest BCUT2D eigenvalue weighted by Gasteiger charge is -2.18. The number of nitrogens with zero attached hydrogens (tertiary/aromatic N) is 4. The van der Waals surface area contributed by atoms with Crippen molar-refractivity contribution in [1.82, 2.24) is 15.0 Å². The van der Waals surface area contributed by atoms with Gasteiger partial charge in [0.1, 0.15) is 17.5 Å². The Balaban J connectivity index is 1.72. The second-order valence-electron chi connectivity index (χ2n) is 8.00. The minimum absolute atomic E-state index is 0.0301. The van der Waals surface area contributed by atoms with Gasteiger partial charge in [-0.25, -0.2) is 28.1 Å². The number of fused-ring (bicyclic) bond motifs is 1. The molecule has 2 heterocycles. The summed E-state index contributed by atoms with van der Waals surface area (Å²) in [4.78, 5) is 13.4. The van der Waals surface area contributed by atoms with Gasteiger partial charge in [0.05, 0.1) is 22.4 Å². The number of anilines is 1. The van der Waals surface area contributed by atoms with Gasteiger partial charge in [-0.15, -0.1) is 0 Å². The number of benzene rings is 1. The first-order chi connectivity index (χ1) is 14.7. The van der Waals surface area contributed by atoms with E-state index >= 15 is 0 Å². The van der Waals surface area contributed by atoms with Gasteiger partial charge in [0.15, 0.2) is 5.65 Å². The molecular weight excluding hydrogens is 403 g/mol. The van der Waals surface area contributed by atoms with E-state index in [1.54, 1.807) is 6.92 Å². The summed E-state index contributed by atoms with van der Waals surface area (Å²) in [5.41, 5.74) is 1.04. The first-order valence-corrected chi connectivity index (χ1v) is 10.2. The van der Waals surface area contributed by atoms with E-state index in [0.717, 1.165) is 30.2 Å². The minimum atomic E-state index is -3.23. The van der Waals surface area contributed by atoms with Crippen LogP contribution >= 0.6 is 0 Å². The maximum Gasteiger partial charge on any atom is 0.275 e. The molecule has 0 spiro atoms. The first-order valence-electron chi connectivity index (χ1n) is 10.2. The second kappa shape index (κ2) is 7.49. The van der Waals surface area contributed by atoms with Gasteiger partial charge in [-0.05, 0) is 38.3 Å². The van der Waals surface area contributed by atoms with Gasteiger partial charge < -0.3 is 5.32 Å². The zero-order chi connectivity index (χ0) is 22.4. The van der Waals surface area contributed by atoms with Crippen molar-refractivity contribution in [2.24, 2.45) is 0 Å². The summed E-state index contributed by atoms with van der Waals surface area (Å²) in [5.74, 6) is -3.25. The number of aryl methyl sites for hydroxylation is 2. The van der Waals surface area contributed by atoms with E-state index in [-0.39, 0.29) is 12.1 Å². The highest BCUT2D eigenvalue weighted by atomic mass is 19.3. The van der Waals surface area contributed by atoms with E-state index in [9.17, 15) is 18.4 Å². The molecule has 1 fully saturated rings. The van der Waals surface area contributed by atoms with Crippen LogP contribution in [0, 0.1) is 31.0 Å². The highest BCUT2D eigenvalue weighted by Gasteiger charge is 2.46. The van der Waals surface area contributed by atoms with Crippen LogP contribution in [0.15, 0.2) is 24.3 Å². The van der Waals surface area contributed by atoms with Crippen LogP contribution in [-0.2, 0) is 17.9 Å². The SMILES string of the molecule is CCC(F)(F)c1cccc(CNc2nc(C)nc3nc(C)c(C4(C#N)CC4)cc23)c1F. The minimum Gasteiger partial charge on any atom is -0.365 e. The van der Waals surface area contributed by atoms with Gasteiger partial charge in [-0.2, -0.15) is 5.26 Å². The molecule has 31 heavy (non-hydrogen) atoms. The molecule has 0 atom stereocenters. The Labute approximate surface area is 178 Å².